The van der Waals surface area contributed by atoms with E-state index in [9.17, 15) is 4.79 Å². The number of benzene rings is 2. The summed E-state index contributed by atoms with van der Waals surface area (Å²) in [6.07, 6.45) is 12.3. The quantitative estimate of drug-likeness (QED) is 0.121. The van der Waals surface area contributed by atoms with Crippen molar-refractivity contribution < 1.29 is 4.79 Å². The standard InChI is InChI=1S/C33H34Br2OS2/c1-3-5-7-9-11-23-19-29(37-32(23)34)21-13-15-25-26-16-14-22(18-28(26)31(36)27(25)17-21)30-20-24(33(35)38-30)12-10-8-6-4-2/h13-20H,3-12H2,1-2H3. The summed E-state index contributed by atoms with van der Waals surface area (Å²) in [4.78, 5) is 16.0. The smallest absolute Gasteiger partial charge is 0.194 e. The number of rotatable bonds is 12. The molecular weight excluding hydrogens is 636 g/mol. The number of hydrogen-bond acceptors (Lipinski definition) is 3. The largest absolute Gasteiger partial charge is 0.289 e. The van der Waals surface area contributed by atoms with Crippen molar-refractivity contribution in [2.45, 2.75) is 78.1 Å². The van der Waals surface area contributed by atoms with E-state index in [1.807, 2.05) is 0 Å². The molecule has 38 heavy (non-hydrogen) atoms. The number of unbranched alkanes of at least 4 members (excludes halogenated alkanes) is 6. The normalized spacial score (nSPS) is 12.3. The van der Waals surface area contributed by atoms with Gasteiger partial charge < -0.3 is 0 Å². The van der Waals surface area contributed by atoms with Crippen LogP contribution < -0.4 is 0 Å². The molecule has 0 N–H and O–H groups in total. The molecule has 4 aromatic rings. The van der Waals surface area contributed by atoms with Gasteiger partial charge >= 0.3 is 0 Å². The van der Waals surface area contributed by atoms with E-state index < -0.39 is 0 Å². The first-order chi connectivity index (χ1) is 18.5. The minimum atomic E-state index is 0.143. The number of aryl methyl sites for hydroxylation is 2. The lowest BCUT2D eigenvalue weighted by molar-refractivity contribution is 0.104. The molecule has 2 aromatic carbocycles. The number of hydrogen-bond donors (Lipinski definition) is 0. The zero-order chi connectivity index (χ0) is 26.6. The summed E-state index contributed by atoms with van der Waals surface area (Å²) < 4.78 is 2.44. The van der Waals surface area contributed by atoms with Gasteiger partial charge in [-0.3, -0.25) is 4.79 Å². The van der Waals surface area contributed by atoms with Crippen molar-refractivity contribution >= 4 is 60.3 Å². The van der Waals surface area contributed by atoms with Crippen molar-refractivity contribution in [2.75, 3.05) is 0 Å². The molecule has 0 bridgehead atoms. The molecule has 1 nitrogen and oxygen atoms in total. The van der Waals surface area contributed by atoms with Gasteiger partial charge in [-0.05, 0) is 115 Å². The van der Waals surface area contributed by atoms with Gasteiger partial charge in [-0.15, -0.1) is 22.7 Å². The average molecular weight is 671 g/mol. The van der Waals surface area contributed by atoms with Gasteiger partial charge in [0.1, 0.15) is 0 Å². The molecule has 0 unspecified atom stereocenters. The van der Waals surface area contributed by atoms with E-state index in [0.717, 1.165) is 46.2 Å². The van der Waals surface area contributed by atoms with Crippen LogP contribution in [0.5, 0.6) is 0 Å². The van der Waals surface area contributed by atoms with Crippen LogP contribution >= 0.6 is 54.5 Å². The molecule has 1 aliphatic rings. The fourth-order valence-corrected chi connectivity index (χ4v) is 8.84. The molecule has 0 saturated carbocycles. The summed E-state index contributed by atoms with van der Waals surface area (Å²) >= 11 is 11.1. The molecule has 0 aliphatic heterocycles. The minimum Gasteiger partial charge on any atom is -0.289 e. The van der Waals surface area contributed by atoms with Crippen molar-refractivity contribution in [3.05, 3.63) is 78.4 Å². The first-order valence-electron chi connectivity index (χ1n) is 13.9. The average Bonchev–Trinajstić information content (AvgIpc) is 3.57. The van der Waals surface area contributed by atoms with E-state index in [2.05, 4.69) is 94.2 Å². The van der Waals surface area contributed by atoms with Gasteiger partial charge in [0.15, 0.2) is 5.78 Å². The highest BCUT2D eigenvalue weighted by molar-refractivity contribution is 9.11. The van der Waals surface area contributed by atoms with Gasteiger partial charge in [0.2, 0.25) is 0 Å². The van der Waals surface area contributed by atoms with Gasteiger partial charge in [0.25, 0.3) is 0 Å². The summed E-state index contributed by atoms with van der Waals surface area (Å²) in [7, 11) is 0. The lowest BCUT2D eigenvalue weighted by atomic mass is 10.0. The van der Waals surface area contributed by atoms with Crippen molar-refractivity contribution in [1.82, 2.24) is 0 Å². The molecule has 0 spiro atoms. The fourth-order valence-electron chi connectivity index (χ4n) is 5.31. The topological polar surface area (TPSA) is 17.1 Å². The third kappa shape index (κ3) is 5.96. The van der Waals surface area contributed by atoms with Crippen LogP contribution in [0.15, 0.2) is 56.1 Å². The van der Waals surface area contributed by atoms with Gasteiger partial charge in [-0.1, -0.05) is 76.6 Å². The number of fused-ring (bicyclic) bond motifs is 3. The van der Waals surface area contributed by atoms with Crippen molar-refractivity contribution in [2.24, 2.45) is 0 Å². The molecule has 198 valence electrons. The van der Waals surface area contributed by atoms with Crippen molar-refractivity contribution in [3.63, 3.8) is 0 Å². The number of thiophene rings is 2. The Morgan fingerprint density at radius 2 is 1.03 bits per heavy atom. The zero-order valence-electron chi connectivity index (χ0n) is 22.2. The van der Waals surface area contributed by atoms with Gasteiger partial charge in [0.05, 0.1) is 7.57 Å². The lowest BCUT2D eigenvalue weighted by Crippen LogP contribution is -1.95. The molecule has 0 saturated heterocycles. The minimum absolute atomic E-state index is 0.143. The Bertz CT molecular complexity index is 1340. The molecule has 2 aromatic heterocycles. The van der Waals surface area contributed by atoms with E-state index in [4.69, 9.17) is 0 Å². The summed E-state index contributed by atoms with van der Waals surface area (Å²) in [6, 6.07) is 17.4. The molecule has 5 rings (SSSR count). The van der Waals surface area contributed by atoms with Crippen LogP contribution in [0.4, 0.5) is 0 Å². The van der Waals surface area contributed by atoms with E-state index in [-0.39, 0.29) is 5.78 Å². The van der Waals surface area contributed by atoms with Gasteiger partial charge in [-0.2, -0.15) is 0 Å². The van der Waals surface area contributed by atoms with Gasteiger partial charge in [-0.25, -0.2) is 0 Å². The van der Waals surface area contributed by atoms with E-state index in [1.54, 1.807) is 22.7 Å². The summed E-state index contributed by atoms with van der Waals surface area (Å²) in [5.41, 5.74) is 8.79. The fraction of sp³-hybridized carbons (Fsp3) is 0.364. The molecule has 0 fully saturated rings. The number of halogens is 2. The SMILES string of the molecule is CCCCCCc1cc(-c2ccc3c(c2)C(=O)c2cc(-c4cc(CCCCCC)c(Br)s4)ccc2-3)sc1Br. The first-order valence-corrected chi connectivity index (χ1v) is 17.1. The van der Waals surface area contributed by atoms with E-state index >= 15 is 0 Å². The van der Waals surface area contributed by atoms with E-state index in [1.165, 1.54) is 79.8 Å². The predicted molar refractivity (Wildman–Crippen MR) is 173 cm³/mol. The zero-order valence-corrected chi connectivity index (χ0v) is 27.0. The summed E-state index contributed by atoms with van der Waals surface area (Å²) in [6.45, 7) is 4.50. The highest BCUT2D eigenvalue weighted by Crippen LogP contribution is 2.44. The Balaban J connectivity index is 1.36. The lowest BCUT2D eigenvalue weighted by Gasteiger charge is -2.04. The molecule has 5 heteroatoms. The maximum absolute atomic E-state index is 13.6. The van der Waals surface area contributed by atoms with E-state index in [0.29, 0.717) is 0 Å². The maximum Gasteiger partial charge on any atom is 0.194 e. The third-order valence-electron chi connectivity index (χ3n) is 7.50. The van der Waals surface area contributed by atoms with Crippen LogP contribution in [0.1, 0.15) is 92.3 Å². The number of carbonyl (C=O) groups excluding carboxylic acids is 1. The Morgan fingerprint density at radius 1 is 0.579 bits per heavy atom. The molecular formula is C33H34Br2OS2. The number of ketones is 1. The molecule has 1 aliphatic carbocycles. The Labute approximate surface area is 252 Å². The monoisotopic (exact) mass is 668 g/mol. The van der Waals surface area contributed by atoms with Crippen LogP contribution in [-0.4, -0.2) is 5.78 Å². The predicted octanol–water partition coefficient (Wildman–Crippen LogP) is 12.1. The second kappa shape index (κ2) is 12.8. The second-order valence-corrected chi connectivity index (χ2v) is 15.0. The molecule has 2 heterocycles. The van der Waals surface area contributed by atoms with Crippen LogP contribution in [0.25, 0.3) is 32.0 Å². The summed E-state index contributed by atoms with van der Waals surface area (Å²) in [5.74, 6) is 0.143. The molecule has 0 amide bonds. The van der Waals surface area contributed by atoms with Crippen LogP contribution in [0.3, 0.4) is 0 Å². The van der Waals surface area contributed by atoms with Gasteiger partial charge in [0, 0.05) is 20.9 Å². The third-order valence-corrected chi connectivity index (χ3v) is 11.5. The van der Waals surface area contributed by atoms with Crippen LogP contribution in [0.2, 0.25) is 0 Å². The van der Waals surface area contributed by atoms with Crippen LogP contribution in [0, 0.1) is 0 Å². The Hall–Kier alpha value is -1.53. The Morgan fingerprint density at radius 3 is 1.45 bits per heavy atom. The molecule has 0 atom stereocenters. The second-order valence-electron chi connectivity index (χ2n) is 10.3. The maximum atomic E-state index is 13.6. The summed E-state index contributed by atoms with van der Waals surface area (Å²) in [5, 5.41) is 0. The van der Waals surface area contributed by atoms with Crippen molar-refractivity contribution in [3.8, 4) is 32.0 Å². The van der Waals surface area contributed by atoms with Crippen LogP contribution in [-0.2, 0) is 12.8 Å². The van der Waals surface area contributed by atoms with Crippen molar-refractivity contribution in [1.29, 1.82) is 0 Å². The highest BCUT2D eigenvalue weighted by atomic mass is 79.9. The molecule has 0 radical (unpaired) electrons. The first kappa shape index (κ1) is 28.0. The highest BCUT2D eigenvalue weighted by Gasteiger charge is 2.28. The number of carbonyl (C=O) groups is 1. The Kier molecular flexibility index (Phi) is 9.41.